The first-order chi connectivity index (χ1) is 23.6. The summed E-state index contributed by atoms with van der Waals surface area (Å²) in [6.45, 7) is 4.75. The number of hydrogen-bond donors (Lipinski definition) is 2. The number of nitrogens with zero attached hydrogens (tertiary/aromatic N) is 2. The highest BCUT2D eigenvalue weighted by atomic mass is 35.5. The normalized spacial score (nSPS) is 13.1. The molecule has 1 aromatic heterocycles. The number of amides is 2. The largest absolute Gasteiger partial charge is 0.461 e. The molecule has 2 atom stereocenters. The smallest absolute Gasteiger partial charge is 0.306 e. The maximum absolute atomic E-state index is 14.8. The molecule has 4 N–H and O–H groups in total. The first-order valence-corrected chi connectivity index (χ1v) is 17.4. The molecule has 1 heterocycles. The molecule has 4 rings (SSSR count). The lowest BCUT2D eigenvalue weighted by atomic mass is 9.83. The molecule has 4 aromatic rings. The predicted octanol–water partition coefficient (Wildman–Crippen LogP) is 6.81. The topological polar surface area (TPSA) is 138 Å². The number of rotatable bonds is 19. The Morgan fingerprint density at radius 1 is 0.918 bits per heavy atom. The molecule has 0 saturated carbocycles. The molecule has 0 unspecified atom stereocenters. The van der Waals surface area contributed by atoms with Crippen molar-refractivity contribution in [3.05, 3.63) is 107 Å². The summed E-state index contributed by atoms with van der Waals surface area (Å²) < 4.78 is 7.39. The van der Waals surface area contributed by atoms with Crippen LogP contribution in [0.1, 0.15) is 86.7 Å². The van der Waals surface area contributed by atoms with E-state index in [9.17, 15) is 19.2 Å². The van der Waals surface area contributed by atoms with E-state index in [1.807, 2.05) is 97.3 Å². The third-order valence-corrected chi connectivity index (χ3v) is 9.18. The van der Waals surface area contributed by atoms with Crippen molar-refractivity contribution in [1.82, 2.24) is 9.47 Å². The molecule has 49 heavy (non-hydrogen) atoms. The zero-order valence-corrected chi connectivity index (χ0v) is 29.2. The number of ether oxygens (including phenoxy) is 1. The number of fused-ring (bicyclic) bond motifs is 1. The van der Waals surface area contributed by atoms with Crippen LogP contribution in [0.25, 0.3) is 10.9 Å². The molecular weight excluding hydrogens is 640 g/mol. The molecule has 0 aliphatic heterocycles. The molecule has 0 bridgehead atoms. The van der Waals surface area contributed by atoms with Gasteiger partial charge >= 0.3 is 5.97 Å². The molecule has 0 saturated heterocycles. The second kappa shape index (κ2) is 17.8. The van der Waals surface area contributed by atoms with Gasteiger partial charge in [0.15, 0.2) is 11.3 Å². The van der Waals surface area contributed by atoms with Gasteiger partial charge in [0, 0.05) is 59.7 Å². The van der Waals surface area contributed by atoms with Crippen LogP contribution in [-0.4, -0.2) is 51.2 Å². The number of carbonyl (C=O) groups excluding carboxylic acids is 4. The van der Waals surface area contributed by atoms with E-state index in [1.165, 1.54) is 0 Å². The van der Waals surface area contributed by atoms with Crippen LogP contribution in [0.4, 0.5) is 0 Å². The lowest BCUT2D eigenvalue weighted by Crippen LogP contribution is -2.62. The van der Waals surface area contributed by atoms with E-state index in [1.54, 1.807) is 11.1 Å². The Morgan fingerprint density at radius 3 is 2.31 bits per heavy atom. The number of ketones is 1. The van der Waals surface area contributed by atoms with Gasteiger partial charge in [-0.3, -0.25) is 19.2 Å². The number of hydrogen-bond acceptors (Lipinski definition) is 6. The van der Waals surface area contributed by atoms with Crippen LogP contribution in [0.2, 0.25) is 5.02 Å². The number of unbranched alkanes of at least 4 members (excludes halogenated alkanes) is 1. The van der Waals surface area contributed by atoms with Crippen molar-refractivity contribution in [1.29, 1.82) is 0 Å². The summed E-state index contributed by atoms with van der Waals surface area (Å²) in [6.07, 6.45) is 4.42. The van der Waals surface area contributed by atoms with E-state index >= 15 is 0 Å². The average molecular weight is 687 g/mol. The standard InChI is InChI=1S/C39H47ClN4O5/c1-3-5-17-30(24-35(41)45)44(23-4-2)38(48)39(42,22-13-21-36(46)49-27-28-14-7-6-8-15-28)37(47)32-26-43(34-20-12-10-18-31(32)34)25-29-16-9-11-19-33(29)40/h6-12,14-16,18-20,26,30H,3-5,13,17,21-25,27,42H2,1-2H3,(H2,41,45)/t30-,39-/m0/s1. The van der Waals surface area contributed by atoms with Crippen LogP contribution < -0.4 is 11.5 Å². The summed E-state index contributed by atoms with van der Waals surface area (Å²) in [7, 11) is 0. The van der Waals surface area contributed by atoms with Gasteiger partial charge in [0.1, 0.15) is 6.61 Å². The second-order valence-corrected chi connectivity index (χ2v) is 13.0. The van der Waals surface area contributed by atoms with E-state index < -0.39 is 35.1 Å². The zero-order valence-electron chi connectivity index (χ0n) is 28.4. The molecule has 0 aliphatic carbocycles. The average Bonchev–Trinajstić information content (AvgIpc) is 3.46. The fraction of sp³-hybridized carbons (Fsp3) is 0.385. The Balaban J connectivity index is 1.70. The number of Topliss-reactive ketones (excluding diaryl/α,β-unsaturated/α-hetero) is 1. The molecule has 260 valence electrons. The summed E-state index contributed by atoms with van der Waals surface area (Å²) in [5, 5.41) is 1.24. The lowest BCUT2D eigenvalue weighted by Gasteiger charge is -2.38. The highest BCUT2D eigenvalue weighted by Crippen LogP contribution is 2.31. The predicted molar refractivity (Wildman–Crippen MR) is 193 cm³/mol. The van der Waals surface area contributed by atoms with E-state index in [4.69, 9.17) is 27.8 Å². The minimum absolute atomic E-state index is 0.0328. The lowest BCUT2D eigenvalue weighted by molar-refractivity contribution is -0.146. The summed E-state index contributed by atoms with van der Waals surface area (Å²) in [5.74, 6) is -2.13. The van der Waals surface area contributed by atoms with Gasteiger partial charge in [-0.2, -0.15) is 0 Å². The Hall–Kier alpha value is -4.47. The quantitative estimate of drug-likeness (QED) is 0.0632. The van der Waals surface area contributed by atoms with Crippen molar-refractivity contribution >= 4 is 46.1 Å². The van der Waals surface area contributed by atoms with Crippen LogP contribution in [0.5, 0.6) is 0 Å². The zero-order chi connectivity index (χ0) is 35.4. The summed E-state index contributed by atoms with van der Waals surface area (Å²) in [4.78, 5) is 56.0. The van der Waals surface area contributed by atoms with Crippen molar-refractivity contribution < 1.29 is 23.9 Å². The highest BCUT2D eigenvalue weighted by molar-refractivity contribution is 6.31. The van der Waals surface area contributed by atoms with Gasteiger partial charge in [-0.05, 0) is 48.9 Å². The molecule has 0 radical (unpaired) electrons. The number of esters is 1. The van der Waals surface area contributed by atoms with E-state index in [0.29, 0.717) is 41.9 Å². The fourth-order valence-corrected chi connectivity index (χ4v) is 6.43. The SMILES string of the molecule is CCCC[C@@H](CC(N)=O)N(CCC)C(=O)[C@](N)(CCCC(=O)OCc1ccccc1)C(=O)c1cn(Cc2ccccc2Cl)c2ccccc12. The molecule has 2 amide bonds. The molecule has 0 spiro atoms. The highest BCUT2D eigenvalue weighted by Gasteiger charge is 2.46. The van der Waals surface area contributed by atoms with Gasteiger partial charge in [-0.15, -0.1) is 0 Å². The van der Waals surface area contributed by atoms with Gasteiger partial charge in [0.2, 0.25) is 5.91 Å². The molecule has 0 fully saturated rings. The Bertz CT molecular complexity index is 1740. The number of halogens is 1. The maximum atomic E-state index is 14.8. The summed E-state index contributed by atoms with van der Waals surface area (Å²) in [6, 6.07) is 23.8. The maximum Gasteiger partial charge on any atom is 0.306 e. The van der Waals surface area contributed by atoms with Crippen molar-refractivity contribution in [3.63, 3.8) is 0 Å². The van der Waals surface area contributed by atoms with Crippen LogP contribution in [0.3, 0.4) is 0 Å². The Kier molecular flexibility index (Phi) is 13.6. The number of aromatic nitrogens is 1. The van der Waals surface area contributed by atoms with Gasteiger partial charge in [0.05, 0.1) is 0 Å². The molecule has 9 nitrogen and oxygen atoms in total. The molecule has 3 aromatic carbocycles. The van der Waals surface area contributed by atoms with Crippen LogP contribution >= 0.6 is 11.6 Å². The van der Waals surface area contributed by atoms with Crippen molar-refractivity contribution in [3.8, 4) is 0 Å². The monoisotopic (exact) mass is 686 g/mol. The number of benzene rings is 3. The second-order valence-electron chi connectivity index (χ2n) is 12.5. The molecular formula is C39H47ClN4O5. The number of carbonyl (C=O) groups is 4. The van der Waals surface area contributed by atoms with Gasteiger partial charge in [-0.1, -0.05) is 105 Å². The van der Waals surface area contributed by atoms with Crippen LogP contribution in [0.15, 0.2) is 85.1 Å². The Morgan fingerprint density at radius 2 is 1.61 bits per heavy atom. The van der Waals surface area contributed by atoms with E-state index in [-0.39, 0.29) is 32.3 Å². The summed E-state index contributed by atoms with van der Waals surface area (Å²) >= 11 is 6.49. The number of primary amides is 1. The third kappa shape index (κ3) is 9.58. The van der Waals surface area contributed by atoms with Gasteiger partial charge in [0.25, 0.3) is 5.91 Å². The third-order valence-electron chi connectivity index (χ3n) is 8.81. The number of nitrogens with two attached hydrogens (primary N) is 2. The first kappa shape index (κ1) is 37.4. The fourth-order valence-electron chi connectivity index (χ4n) is 6.24. The Labute approximate surface area is 293 Å². The molecule has 10 heteroatoms. The van der Waals surface area contributed by atoms with Gasteiger partial charge in [-0.25, -0.2) is 0 Å². The van der Waals surface area contributed by atoms with Crippen molar-refractivity contribution in [2.45, 2.75) is 89.9 Å². The van der Waals surface area contributed by atoms with Crippen molar-refractivity contribution in [2.75, 3.05) is 6.54 Å². The number of para-hydroxylation sites is 1. The van der Waals surface area contributed by atoms with E-state index in [2.05, 4.69) is 0 Å². The summed E-state index contributed by atoms with van der Waals surface area (Å²) in [5.41, 5.74) is 13.4. The van der Waals surface area contributed by atoms with Crippen LogP contribution in [0, 0.1) is 0 Å². The van der Waals surface area contributed by atoms with Gasteiger partial charge < -0.3 is 25.7 Å². The van der Waals surface area contributed by atoms with Crippen molar-refractivity contribution in [2.24, 2.45) is 11.5 Å². The van der Waals surface area contributed by atoms with Crippen LogP contribution in [-0.2, 0) is 32.3 Å². The minimum atomic E-state index is -2.03. The van der Waals surface area contributed by atoms with E-state index in [0.717, 1.165) is 29.5 Å². The minimum Gasteiger partial charge on any atom is -0.461 e. The first-order valence-electron chi connectivity index (χ1n) is 17.0. The molecule has 0 aliphatic rings.